The van der Waals surface area contributed by atoms with Gasteiger partial charge in [-0.1, -0.05) is 36.2 Å². The molecule has 0 amide bonds. The van der Waals surface area contributed by atoms with E-state index < -0.39 is 0 Å². The SMILES string of the molecule is CCC1CSCC(c2cc(C)cc(C)c2)N1. The van der Waals surface area contributed by atoms with E-state index in [9.17, 15) is 0 Å². The van der Waals surface area contributed by atoms with E-state index in [-0.39, 0.29) is 0 Å². The Labute approximate surface area is 103 Å². The van der Waals surface area contributed by atoms with Crippen LogP contribution in [0.2, 0.25) is 0 Å². The van der Waals surface area contributed by atoms with Crippen LogP contribution in [0.25, 0.3) is 0 Å². The molecule has 2 rings (SSSR count). The van der Waals surface area contributed by atoms with Gasteiger partial charge in [-0.3, -0.25) is 0 Å². The maximum atomic E-state index is 3.75. The first-order chi connectivity index (χ1) is 7.69. The van der Waals surface area contributed by atoms with E-state index in [1.54, 1.807) is 0 Å². The van der Waals surface area contributed by atoms with Gasteiger partial charge in [0.05, 0.1) is 0 Å². The summed E-state index contributed by atoms with van der Waals surface area (Å²) >= 11 is 2.08. The van der Waals surface area contributed by atoms with Crippen molar-refractivity contribution in [3.63, 3.8) is 0 Å². The predicted molar refractivity (Wildman–Crippen MR) is 73.2 cm³/mol. The van der Waals surface area contributed by atoms with Gasteiger partial charge in [0.15, 0.2) is 0 Å². The quantitative estimate of drug-likeness (QED) is 0.842. The van der Waals surface area contributed by atoms with Gasteiger partial charge in [0.1, 0.15) is 0 Å². The lowest BCUT2D eigenvalue weighted by Crippen LogP contribution is -2.39. The highest BCUT2D eigenvalue weighted by Gasteiger charge is 2.21. The molecule has 0 radical (unpaired) electrons. The molecule has 0 bridgehead atoms. The Hall–Kier alpha value is -0.470. The van der Waals surface area contributed by atoms with Crippen molar-refractivity contribution in [2.75, 3.05) is 11.5 Å². The molecule has 1 heterocycles. The van der Waals surface area contributed by atoms with Crippen LogP contribution in [0.3, 0.4) is 0 Å². The molecule has 0 spiro atoms. The summed E-state index contributed by atoms with van der Waals surface area (Å²) in [7, 11) is 0. The number of nitrogens with one attached hydrogen (secondary N) is 1. The van der Waals surface area contributed by atoms with Gasteiger partial charge in [-0.05, 0) is 25.8 Å². The van der Waals surface area contributed by atoms with Crippen LogP contribution in [0.1, 0.15) is 36.1 Å². The van der Waals surface area contributed by atoms with Gasteiger partial charge in [-0.15, -0.1) is 0 Å². The average molecular weight is 235 g/mol. The maximum absolute atomic E-state index is 3.75. The Balaban J connectivity index is 2.16. The van der Waals surface area contributed by atoms with E-state index >= 15 is 0 Å². The van der Waals surface area contributed by atoms with E-state index in [4.69, 9.17) is 0 Å². The van der Waals surface area contributed by atoms with Crippen molar-refractivity contribution in [1.29, 1.82) is 0 Å². The van der Waals surface area contributed by atoms with Crippen LogP contribution in [0.5, 0.6) is 0 Å². The Morgan fingerprint density at radius 3 is 2.50 bits per heavy atom. The molecule has 0 aromatic heterocycles. The lowest BCUT2D eigenvalue weighted by molar-refractivity contribution is 0.466. The smallest absolute Gasteiger partial charge is 0.0414 e. The van der Waals surface area contributed by atoms with Gasteiger partial charge in [0.25, 0.3) is 0 Å². The summed E-state index contributed by atoms with van der Waals surface area (Å²) in [6, 6.07) is 8.12. The van der Waals surface area contributed by atoms with E-state index in [1.807, 2.05) is 0 Å². The largest absolute Gasteiger partial charge is 0.306 e. The molecule has 1 fully saturated rings. The fraction of sp³-hybridized carbons (Fsp3) is 0.571. The Bertz CT molecular complexity index is 342. The molecule has 88 valence electrons. The zero-order valence-corrected chi connectivity index (χ0v) is 11.2. The summed E-state index contributed by atoms with van der Waals surface area (Å²) in [5.74, 6) is 2.47. The van der Waals surface area contributed by atoms with Crippen LogP contribution < -0.4 is 5.32 Å². The highest BCUT2D eigenvalue weighted by molar-refractivity contribution is 7.99. The zero-order chi connectivity index (χ0) is 11.5. The van der Waals surface area contributed by atoms with Crippen molar-refractivity contribution in [2.45, 2.75) is 39.3 Å². The van der Waals surface area contributed by atoms with E-state index in [1.165, 1.54) is 34.6 Å². The van der Waals surface area contributed by atoms with Crippen molar-refractivity contribution < 1.29 is 0 Å². The van der Waals surface area contributed by atoms with Gasteiger partial charge >= 0.3 is 0 Å². The van der Waals surface area contributed by atoms with Crippen LogP contribution >= 0.6 is 11.8 Å². The van der Waals surface area contributed by atoms with Crippen LogP contribution in [0.4, 0.5) is 0 Å². The normalized spacial score (nSPS) is 25.7. The molecule has 1 aliphatic rings. The summed E-state index contributed by atoms with van der Waals surface area (Å²) in [6.07, 6.45) is 1.23. The van der Waals surface area contributed by atoms with Gasteiger partial charge in [-0.2, -0.15) is 11.8 Å². The number of benzene rings is 1. The molecule has 1 N–H and O–H groups in total. The number of rotatable bonds is 2. The van der Waals surface area contributed by atoms with E-state index in [2.05, 4.69) is 56.0 Å². The first-order valence-electron chi connectivity index (χ1n) is 6.11. The second-order valence-corrected chi connectivity index (χ2v) is 5.86. The van der Waals surface area contributed by atoms with E-state index in [0.29, 0.717) is 12.1 Å². The minimum absolute atomic E-state index is 0.544. The Morgan fingerprint density at radius 2 is 1.88 bits per heavy atom. The van der Waals surface area contributed by atoms with Gasteiger partial charge in [0, 0.05) is 23.6 Å². The monoisotopic (exact) mass is 235 g/mol. The number of aryl methyl sites for hydroxylation is 2. The summed E-state index contributed by atoms with van der Waals surface area (Å²) in [6.45, 7) is 6.63. The van der Waals surface area contributed by atoms with Gasteiger partial charge in [-0.25, -0.2) is 0 Å². The summed E-state index contributed by atoms with van der Waals surface area (Å²) < 4.78 is 0. The van der Waals surface area contributed by atoms with Gasteiger partial charge < -0.3 is 5.32 Å². The standard InChI is InChI=1S/C14H21NS/c1-4-13-8-16-9-14(15-13)12-6-10(2)5-11(3)7-12/h5-7,13-15H,4,8-9H2,1-3H3. The first-order valence-corrected chi connectivity index (χ1v) is 7.26. The highest BCUT2D eigenvalue weighted by atomic mass is 32.2. The fourth-order valence-electron chi connectivity index (χ4n) is 2.35. The molecule has 1 aliphatic heterocycles. The number of hydrogen-bond donors (Lipinski definition) is 1. The minimum atomic E-state index is 0.544. The fourth-order valence-corrected chi connectivity index (χ4v) is 3.63. The van der Waals surface area contributed by atoms with Gasteiger partial charge in [0.2, 0.25) is 0 Å². The predicted octanol–water partition coefficient (Wildman–Crippen LogP) is 3.46. The van der Waals surface area contributed by atoms with Crippen molar-refractivity contribution in [3.8, 4) is 0 Å². The summed E-state index contributed by atoms with van der Waals surface area (Å²) in [5.41, 5.74) is 4.21. The lowest BCUT2D eigenvalue weighted by Gasteiger charge is -2.30. The third-order valence-electron chi connectivity index (χ3n) is 3.18. The van der Waals surface area contributed by atoms with E-state index in [0.717, 1.165) is 0 Å². The van der Waals surface area contributed by atoms with Crippen LogP contribution in [-0.2, 0) is 0 Å². The molecular formula is C14H21NS. The third-order valence-corrected chi connectivity index (χ3v) is 4.39. The lowest BCUT2D eigenvalue weighted by atomic mass is 10.0. The molecule has 2 atom stereocenters. The average Bonchev–Trinajstić information content (AvgIpc) is 2.28. The first kappa shape index (κ1) is 12.0. The molecule has 1 saturated heterocycles. The summed E-state index contributed by atoms with van der Waals surface area (Å²) in [4.78, 5) is 0. The topological polar surface area (TPSA) is 12.0 Å². The van der Waals surface area contributed by atoms with Crippen molar-refractivity contribution in [1.82, 2.24) is 5.32 Å². The minimum Gasteiger partial charge on any atom is -0.306 e. The Morgan fingerprint density at radius 1 is 1.19 bits per heavy atom. The van der Waals surface area contributed by atoms with Crippen molar-refractivity contribution in [3.05, 3.63) is 34.9 Å². The van der Waals surface area contributed by atoms with Crippen molar-refractivity contribution in [2.24, 2.45) is 0 Å². The number of hydrogen-bond acceptors (Lipinski definition) is 2. The molecule has 0 saturated carbocycles. The molecule has 16 heavy (non-hydrogen) atoms. The maximum Gasteiger partial charge on any atom is 0.0414 e. The zero-order valence-electron chi connectivity index (χ0n) is 10.4. The molecule has 0 aliphatic carbocycles. The summed E-state index contributed by atoms with van der Waals surface area (Å²) in [5, 5.41) is 3.75. The van der Waals surface area contributed by atoms with Crippen LogP contribution in [-0.4, -0.2) is 17.5 Å². The molecule has 1 aromatic carbocycles. The molecule has 1 nitrogen and oxygen atoms in total. The second kappa shape index (κ2) is 5.24. The highest BCUT2D eigenvalue weighted by Crippen LogP contribution is 2.26. The van der Waals surface area contributed by atoms with Crippen LogP contribution in [0.15, 0.2) is 18.2 Å². The molecular weight excluding hydrogens is 214 g/mol. The molecule has 2 heteroatoms. The Kier molecular flexibility index (Phi) is 3.93. The van der Waals surface area contributed by atoms with Crippen LogP contribution in [0, 0.1) is 13.8 Å². The molecule has 1 aromatic rings. The number of thioether (sulfide) groups is 1. The second-order valence-electron chi connectivity index (χ2n) is 4.78. The third kappa shape index (κ3) is 2.80. The molecule has 2 unspecified atom stereocenters. The van der Waals surface area contributed by atoms with Crippen molar-refractivity contribution >= 4 is 11.8 Å².